The molecular weight excluding hydrogens is 442 g/mol. The minimum absolute atomic E-state index is 0.0934. The third kappa shape index (κ3) is 5.38. The smallest absolute Gasteiger partial charge is 0.276 e. The molecule has 1 aromatic heterocycles. The molecule has 1 aliphatic heterocycles. The molecule has 0 bridgehead atoms. The average Bonchev–Trinajstić information content (AvgIpc) is 3.29. The number of likely N-dealkylation sites (tertiary alicyclic amines) is 1. The topological polar surface area (TPSA) is 101 Å². The number of aryl methyl sites for hydroxylation is 2. The Hall–Kier alpha value is -2.81. The monoisotopic (exact) mass is 463 g/mol. The van der Waals surface area contributed by atoms with E-state index in [1.807, 2.05) is 26.0 Å². The maximum absolute atomic E-state index is 12.3. The summed E-state index contributed by atoms with van der Waals surface area (Å²) in [5.41, 5.74) is 6.50. The molecule has 1 unspecified atom stereocenters. The van der Waals surface area contributed by atoms with Crippen LogP contribution in [0.3, 0.4) is 0 Å². The zero-order valence-electron chi connectivity index (χ0n) is 16.2. The number of hydrazine groups is 1. The molecule has 8 nitrogen and oxygen atoms in total. The number of carbonyl (C=O) groups excluding carboxylic acids is 3. The van der Waals surface area contributed by atoms with Crippen molar-refractivity contribution >= 4 is 33.7 Å². The van der Waals surface area contributed by atoms with Gasteiger partial charge in [-0.25, -0.2) is 0 Å². The van der Waals surface area contributed by atoms with Gasteiger partial charge in [-0.05, 0) is 49.2 Å². The Morgan fingerprint density at radius 1 is 1.28 bits per heavy atom. The maximum Gasteiger partial charge on any atom is 0.276 e. The summed E-state index contributed by atoms with van der Waals surface area (Å²) in [5, 5.41) is 0. The number of rotatable bonds is 6. The number of amides is 3. The van der Waals surface area contributed by atoms with Crippen molar-refractivity contribution in [2.75, 3.05) is 13.2 Å². The second-order valence-corrected chi connectivity index (χ2v) is 7.87. The van der Waals surface area contributed by atoms with E-state index in [-0.39, 0.29) is 25.5 Å². The normalized spacial score (nSPS) is 16.0. The quantitative estimate of drug-likeness (QED) is 0.639. The van der Waals surface area contributed by atoms with Gasteiger partial charge in [-0.3, -0.25) is 25.2 Å². The van der Waals surface area contributed by atoms with Gasteiger partial charge in [0.2, 0.25) is 11.8 Å². The Bertz CT molecular complexity index is 890. The molecular formula is C20H22BrN3O5. The predicted molar refractivity (Wildman–Crippen MR) is 108 cm³/mol. The van der Waals surface area contributed by atoms with Crippen molar-refractivity contribution in [3.8, 4) is 5.75 Å². The molecule has 0 spiro atoms. The van der Waals surface area contributed by atoms with Crippen LogP contribution in [0.1, 0.15) is 23.3 Å². The molecule has 154 valence electrons. The molecule has 9 heteroatoms. The number of furan rings is 1. The Balaban J connectivity index is 1.44. The number of nitrogens with zero attached hydrogens (tertiary/aromatic N) is 1. The van der Waals surface area contributed by atoms with Crippen LogP contribution in [0.2, 0.25) is 0 Å². The van der Waals surface area contributed by atoms with E-state index >= 15 is 0 Å². The highest BCUT2D eigenvalue weighted by molar-refractivity contribution is 9.10. The standard InChI is InChI=1S/C20H22BrN3O5/c1-12-6-15(21)7-13(2)19(12)29-11-17(25)22-23-20(27)14-8-18(26)24(9-14)10-16-4-3-5-28-16/h3-7,14H,8-11H2,1-2H3,(H,22,25)(H,23,27). The van der Waals surface area contributed by atoms with Crippen molar-refractivity contribution < 1.29 is 23.5 Å². The van der Waals surface area contributed by atoms with Gasteiger partial charge in [0.1, 0.15) is 11.5 Å². The highest BCUT2D eigenvalue weighted by Crippen LogP contribution is 2.27. The van der Waals surface area contributed by atoms with Gasteiger partial charge in [-0.1, -0.05) is 15.9 Å². The van der Waals surface area contributed by atoms with Crippen molar-refractivity contribution in [2.45, 2.75) is 26.8 Å². The average molecular weight is 464 g/mol. The first kappa shape index (κ1) is 20.9. The molecule has 2 aromatic rings. The number of hydrogen-bond acceptors (Lipinski definition) is 5. The largest absolute Gasteiger partial charge is 0.483 e. The van der Waals surface area contributed by atoms with Crippen LogP contribution in [-0.4, -0.2) is 35.8 Å². The first-order valence-corrected chi connectivity index (χ1v) is 9.91. The van der Waals surface area contributed by atoms with E-state index in [9.17, 15) is 14.4 Å². The van der Waals surface area contributed by atoms with Gasteiger partial charge in [0.25, 0.3) is 5.91 Å². The molecule has 3 amide bonds. The van der Waals surface area contributed by atoms with E-state index < -0.39 is 17.7 Å². The Morgan fingerprint density at radius 2 is 2.00 bits per heavy atom. The van der Waals surface area contributed by atoms with Crippen LogP contribution in [0.4, 0.5) is 0 Å². The van der Waals surface area contributed by atoms with Crippen molar-refractivity contribution in [1.29, 1.82) is 0 Å². The van der Waals surface area contributed by atoms with Crippen LogP contribution in [0.5, 0.6) is 5.75 Å². The van der Waals surface area contributed by atoms with Crippen LogP contribution in [-0.2, 0) is 20.9 Å². The number of hydrogen-bond donors (Lipinski definition) is 2. The Morgan fingerprint density at radius 3 is 2.66 bits per heavy atom. The van der Waals surface area contributed by atoms with Gasteiger partial charge < -0.3 is 14.1 Å². The summed E-state index contributed by atoms with van der Waals surface area (Å²) in [6.45, 7) is 4.13. The van der Waals surface area contributed by atoms with E-state index in [2.05, 4.69) is 26.8 Å². The van der Waals surface area contributed by atoms with Crippen molar-refractivity contribution in [3.05, 3.63) is 51.9 Å². The lowest BCUT2D eigenvalue weighted by atomic mass is 10.1. The molecule has 0 aliphatic carbocycles. The van der Waals surface area contributed by atoms with Gasteiger partial charge in [-0.15, -0.1) is 0 Å². The number of carbonyl (C=O) groups is 3. The highest BCUT2D eigenvalue weighted by atomic mass is 79.9. The molecule has 3 rings (SSSR count). The summed E-state index contributed by atoms with van der Waals surface area (Å²) in [4.78, 5) is 38.0. The highest BCUT2D eigenvalue weighted by Gasteiger charge is 2.34. The summed E-state index contributed by atoms with van der Waals surface area (Å²) >= 11 is 3.41. The van der Waals surface area contributed by atoms with Gasteiger partial charge in [0.05, 0.1) is 18.7 Å². The van der Waals surface area contributed by atoms with Gasteiger partial charge in [-0.2, -0.15) is 0 Å². The zero-order valence-corrected chi connectivity index (χ0v) is 17.7. The lowest BCUT2D eigenvalue weighted by Gasteiger charge is -2.16. The molecule has 1 aliphatic rings. The summed E-state index contributed by atoms with van der Waals surface area (Å²) in [6.07, 6.45) is 1.63. The molecule has 1 saturated heterocycles. The summed E-state index contributed by atoms with van der Waals surface area (Å²) < 4.78 is 11.7. The molecule has 0 radical (unpaired) electrons. The number of halogens is 1. The Kier molecular flexibility index (Phi) is 6.58. The van der Waals surface area contributed by atoms with Crippen molar-refractivity contribution in [2.24, 2.45) is 5.92 Å². The molecule has 1 atom stereocenters. The van der Waals surface area contributed by atoms with E-state index in [4.69, 9.17) is 9.15 Å². The fraction of sp³-hybridized carbons (Fsp3) is 0.350. The van der Waals surface area contributed by atoms with E-state index in [0.29, 0.717) is 18.1 Å². The predicted octanol–water partition coefficient (Wildman–Crippen LogP) is 2.23. The zero-order chi connectivity index (χ0) is 21.0. The van der Waals surface area contributed by atoms with E-state index in [1.54, 1.807) is 17.0 Å². The molecule has 1 fully saturated rings. The van der Waals surface area contributed by atoms with Crippen molar-refractivity contribution in [1.82, 2.24) is 15.8 Å². The minimum Gasteiger partial charge on any atom is -0.483 e. The fourth-order valence-electron chi connectivity index (χ4n) is 3.22. The number of nitrogens with one attached hydrogen (secondary N) is 2. The van der Waals surface area contributed by atoms with E-state index in [0.717, 1.165) is 15.6 Å². The lowest BCUT2D eigenvalue weighted by molar-refractivity contribution is -0.132. The number of ether oxygens (including phenoxy) is 1. The molecule has 0 saturated carbocycles. The second-order valence-electron chi connectivity index (χ2n) is 6.95. The third-order valence-corrected chi connectivity index (χ3v) is 5.07. The Labute approximate surface area is 176 Å². The van der Waals surface area contributed by atoms with Crippen LogP contribution in [0, 0.1) is 19.8 Å². The van der Waals surface area contributed by atoms with Crippen molar-refractivity contribution in [3.63, 3.8) is 0 Å². The van der Waals surface area contributed by atoms with Gasteiger partial charge >= 0.3 is 0 Å². The fourth-order valence-corrected chi connectivity index (χ4v) is 3.91. The number of benzene rings is 1. The molecule has 1 aromatic carbocycles. The summed E-state index contributed by atoms with van der Waals surface area (Å²) in [5.74, 6) is -0.276. The molecule has 29 heavy (non-hydrogen) atoms. The van der Waals surface area contributed by atoms with E-state index in [1.165, 1.54) is 6.26 Å². The van der Waals surface area contributed by atoms with Gasteiger partial charge in [0, 0.05) is 17.4 Å². The second kappa shape index (κ2) is 9.13. The van der Waals surface area contributed by atoms with Crippen LogP contribution in [0.15, 0.2) is 39.4 Å². The third-order valence-electron chi connectivity index (χ3n) is 4.61. The SMILES string of the molecule is Cc1cc(Br)cc(C)c1OCC(=O)NNC(=O)C1CC(=O)N(Cc2ccco2)C1. The van der Waals surface area contributed by atoms with Crippen LogP contribution in [0.25, 0.3) is 0 Å². The lowest BCUT2D eigenvalue weighted by Crippen LogP contribution is -2.46. The van der Waals surface area contributed by atoms with Gasteiger partial charge in [0.15, 0.2) is 6.61 Å². The minimum atomic E-state index is -0.533. The first-order valence-electron chi connectivity index (χ1n) is 9.12. The first-order chi connectivity index (χ1) is 13.8. The van der Waals surface area contributed by atoms with Crippen LogP contribution >= 0.6 is 15.9 Å². The summed E-state index contributed by atoms with van der Waals surface area (Å²) in [6, 6.07) is 7.31. The molecule has 2 N–H and O–H groups in total. The maximum atomic E-state index is 12.3. The summed E-state index contributed by atoms with van der Waals surface area (Å²) in [7, 11) is 0. The molecule has 2 heterocycles. The van der Waals surface area contributed by atoms with Crippen LogP contribution < -0.4 is 15.6 Å².